The van der Waals surface area contributed by atoms with E-state index in [0.29, 0.717) is 0 Å². The number of hydrogen-bond donors (Lipinski definition) is 1. The minimum atomic E-state index is 0.0236. The quantitative estimate of drug-likeness (QED) is 0.905. The van der Waals surface area contributed by atoms with Crippen LogP contribution in [0.3, 0.4) is 0 Å². The Hall–Kier alpha value is -0.770. The fourth-order valence-corrected chi connectivity index (χ4v) is 2.82. The Labute approximate surface area is 121 Å². The Morgan fingerprint density at radius 3 is 2.53 bits per heavy atom. The number of rotatable bonds is 2. The van der Waals surface area contributed by atoms with Crippen molar-refractivity contribution in [3.8, 4) is 0 Å². The maximum absolute atomic E-state index is 6.43. The van der Waals surface area contributed by atoms with E-state index in [1.165, 1.54) is 0 Å². The lowest BCUT2D eigenvalue weighted by molar-refractivity contribution is 0.139. The topological polar surface area (TPSA) is 32.5 Å². The zero-order valence-corrected chi connectivity index (χ0v) is 13.0. The molecule has 1 atom stereocenters. The molecule has 1 aliphatic rings. The van der Waals surface area contributed by atoms with Gasteiger partial charge in [-0.3, -0.25) is 4.90 Å². The number of nitrogens with two attached hydrogens (primary N) is 1. The first-order valence-electron chi connectivity index (χ1n) is 6.82. The Balaban J connectivity index is 2.23. The molecule has 0 radical (unpaired) electrons. The molecule has 1 aromatic carbocycles. The average Bonchev–Trinajstić information content (AvgIpc) is 2.32. The summed E-state index contributed by atoms with van der Waals surface area (Å²) in [5, 5.41) is 0.801. The number of halogens is 1. The number of anilines is 1. The Morgan fingerprint density at radius 2 is 2.00 bits per heavy atom. The van der Waals surface area contributed by atoms with Gasteiger partial charge in [-0.05, 0) is 45.5 Å². The lowest BCUT2D eigenvalue weighted by Crippen LogP contribution is -2.57. The van der Waals surface area contributed by atoms with E-state index in [1.807, 2.05) is 13.0 Å². The van der Waals surface area contributed by atoms with Gasteiger partial charge < -0.3 is 10.6 Å². The van der Waals surface area contributed by atoms with Crippen LogP contribution in [-0.2, 0) is 0 Å². The molecule has 0 aromatic heterocycles. The third kappa shape index (κ3) is 3.04. The SMILES string of the molecule is CC(N)c1ccc(N2CCN(C)C(C)(C)C2)c(Cl)c1. The number of likely N-dealkylation sites (N-methyl/N-ethyl adjacent to an activating group) is 1. The van der Waals surface area contributed by atoms with Crippen molar-refractivity contribution in [3.05, 3.63) is 28.8 Å². The van der Waals surface area contributed by atoms with Crippen molar-refractivity contribution in [1.82, 2.24) is 4.90 Å². The van der Waals surface area contributed by atoms with Gasteiger partial charge >= 0.3 is 0 Å². The highest BCUT2D eigenvalue weighted by Gasteiger charge is 2.31. The van der Waals surface area contributed by atoms with E-state index in [0.717, 1.165) is 35.9 Å². The van der Waals surface area contributed by atoms with E-state index in [1.54, 1.807) is 0 Å². The number of piperazine rings is 1. The first kappa shape index (κ1) is 14.6. The average molecular weight is 282 g/mol. The van der Waals surface area contributed by atoms with Gasteiger partial charge in [0.15, 0.2) is 0 Å². The Bertz CT molecular complexity index is 457. The Morgan fingerprint density at radius 1 is 1.32 bits per heavy atom. The summed E-state index contributed by atoms with van der Waals surface area (Å²) in [4.78, 5) is 4.76. The first-order valence-corrected chi connectivity index (χ1v) is 7.20. The standard InChI is InChI=1S/C15H24ClN3/c1-11(17)12-5-6-14(13(16)9-12)19-8-7-18(4)15(2,3)10-19/h5-6,9,11H,7-8,10,17H2,1-4H3. The number of hydrogen-bond acceptors (Lipinski definition) is 3. The van der Waals surface area contributed by atoms with E-state index in [9.17, 15) is 0 Å². The summed E-state index contributed by atoms with van der Waals surface area (Å²) < 4.78 is 0. The van der Waals surface area contributed by atoms with Gasteiger partial charge in [0, 0.05) is 31.2 Å². The summed E-state index contributed by atoms with van der Waals surface area (Å²) in [6, 6.07) is 6.20. The van der Waals surface area contributed by atoms with Crippen molar-refractivity contribution in [1.29, 1.82) is 0 Å². The van der Waals surface area contributed by atoms with Crippen LogP contribution in [-0.4, -0.2) is 37.1 Å². The molecular weight excluding hydrogens is 258 g/mol. The summed E-state index contributed by atoms with van der Waals surface area (Å²) in [6.45, 7) is 9.56. The Kier molecular flexibility index (Phi) is 4.09. The van der Waals surface area contributed by atoms with Gasteiger partial charge in [0.2, 0.25) is 0 Å². The summed E-state index contributed by atoms with van der Waals surface area (Å²) in [7, 11) is 2.18. The summed E-state index contributed by atoms with van der Waals surface area (Å²) in [6.07, 6.45) is 0. The highest BCUT2D eigenvalue weighted by Crippen LogP contribution is 2.31. The minimum Gasteiger partial charge on any atom is -0.367 e. The van der Waals surface area contributed by atoms with Crippen LogP contribution >= 0.6 is 11.6 Å². The lowest BCUT2D eigenvalue weighted by atomic mass is 9.99. The van der Waals surface area contributed by atoms with Crippen molar-refractivity contribution in [2.75, 3.05) is 31.6 Å². The lowest BCUT2D eigenvalue weighted by Gasteiger charge is -2.46. The number of benzene rings is 1. The predicted octanol–water partition coefficient (Wildman–Crippen LogP) is 2.89. The van der Waals surface area contributed by atoms with Crippen molar-refractivity contribution >= 4 is 17.3 Å². The molecule has 19 heavy (non-hydrogen) atoms. The van der Waals surface area contributed by atoms with E-state index in [-0.39, 0.29) is 11.6 Å². The van der Waals surface area contributed by atoms with E-state index < -0.39 is 0 Å². The van der Waals surface area contributed by atoms with Gasteiger partial charge in [0.25, 0.3) is 0 Å². The normalized spacial score (nSPS) is 21.5. The molecule has 0 spiro atoms. The molecule has 1 fully saturated rings. The molecule has 4 heteroatoms. The summed E-state index contributed by atoms with van der Waals surface area (Å²) >= 11 is 6.43. The molecule has 0 aliphatic carbocycles. The third-order valence-electron chi connectivity index (χ3n) is 4.15. The largest absolute Gasteiger partial charge is 0.367 e. The molecule has 2 rings (SSSR count). The van der Waals surface area contributed by atoms with Gasteiger partial charge in [0.05, 0.1) is 10.7 Å². The first-order chi connectivity index (χ1) is 8.81. The maximum Gasteiger partial charge on any atom is 0.0642 e. The van der Waals surface area contributed by atoms with Crippen LogP contribution in [0.5, 0.6) is 0 Å². The third-order valence-corrected chi connectivity index (χ3v) is 4.46. The van der Waals surface area contributed by atoms with Gasteiger partial charge in [-0.25, -0.2) is 0 Å². The molecule has 106 valence electrons. The molecule has 0 amide bonds. The monoisotopic (exact) mass is 281 g/mol. The molecule has 2 N–H and O–H groups in total. The van der Waals surface area contributed by atoms with Gasteiger partial charge in [-0.2, -0.15) is 0 Å². The van der Waals surface area contributed by atoms with Gasteiger partial charge in [-0.1, -0.05) is 17.7 Å². The molecule has 1 heterocycles. The second kappa shape index (κ2) is 5.31. The smallest absolute Gasteiger partial charge is 0.0642 e. The van der Waals surface area contributed by atoms with Crippen LogP contribution in [0.4, 0.5) is 5.69 Å². The molecule has 1 aromatic rings. The van der Waals surface area contributed by atoms with Crippen molar-refractivity contribution in [2.45, 2.75) is 32.4 Å². The van der Waals surface area contributed by atoms with E-state index >= 15 is 0 Å². The van der Waals surface area contributed by atoms with Crippen LogP contribution in [0.1, 0.15) is 32.4 Å². The zero-order valence-electron chi connectivity index (χ0n) is 12.3. The number of nitrogens with zero attached hydrogens (tertiary/aromatic N) is 2. The van der Waals surface area contributed by atoms with Crippen molar-refractivity contribution in [3.63, 3.8) is 0 Å². The fourth-order valence-electron chi connectivity index (χ4n) is 2.51. The molecule has 0 bridgehead atoms. The maximum atomic E-state index is 6.43. The van der Waals surface area contributed by atoms with Crippen molar-refractivity contribution < 1.29 is 0 Å². The second-order valence-corrected chi connectivity index (χ2v) is 6.56. The molecule has 1 saturated heterocycles. The van der Waals surface area contributed by atoms with E-state index in [4.69, 9.17) is 17.3 Å². The fraction of sp³-hybridized carbons (Fsp3) is 0.600. The van der Waals surface area contributed by atoms with Crippen LogP contribution < -0.4 is 10.6 Å². The van der Waals surface area contributed by atoms with Gasteiger partial charge in [-0.15, -0.1) is 0 Å². The van der Waals surface area contributed by atoms with Crippen LogP contribution in [0.25, 0.3) is 0 Å². The van der Waals surface area contributed by atoms with Crippen LogP contribution in [0.2, 0.25) is 5.02 Å². The summed E-state index contributed by atoms with van der Waals surface area (Å²) in [5.41, 5.74) is 8.26. The van der Waals surface area contributed by atoms with Crippen molar-refractivity contribution in [2.24, 2.45) is 5.73 Å². The molecular formula is C15H24ClN3. The van der Waals surface area contributed by atoms with Gasteiger partial charge in [0.1, 0.15) is 0 Å². The molecule has 0 saturated carbocycles. The van der Waals surface area contributed by atoms with Crippen LogP contribution in [0, 0.1) is 0 Å². The predicted molar refractivity (Wildman–Crippen MR) is 83.0 cm³/mol. The highest BCUT2D eigenvalue weighted by atomic mass is 35.5. The summed E-state index contributed by atoms with van der Waals surface area (Å²) in [5.74, 6) is 0. The zero-order chi connectivity index (χ0) is 14.2. The van der Waals surface area contributed by atoms with E-state index in [2.05, 4.69) is 42.8 Å². The molecule has 1 aliphatic heterocycles. The molecule has 1 unspecified atom stereocenters. The second-order valence-electron chi connectivity index (χ2n) is 6.16. The highest BCUT2D eigenvalue weighted by molar-refractivity contribution is 6.33. The minimum absolute atomic E-state index is 0.0236. The van der Waals surface area contributed by atoms with Crippen LogP contribution in [0.15, 0.2) is 18.2 Å². The molecule has 3 nitrogen and oxygen atoms in total.